The molecule has 2 nitrogen and oxygen atoms in total. The molecular formula is C21H19NO. The maximum atomic E-state index is 12.4. The van der Waals surface area contributed by atoms with Crippen LogP contribution in [-0.4, -0.2) is 13.0 Å². The molecule has 0 saturated heterocycles. The highest BCUT2D eigenvalue weighted by Gasteiger charge is 2.11. The smallest absolute Gasteiger partial charge is 0.231 e. The van der Waals surface area contributed by atoms with Crippen molar-refractivity contribution in [3.8, 4) is 11.1 Å². The van der Waals surface area contributed by atoms with Crippen LogP contribution in [0.2, 0.25) is 0 Å². The molecular weight excluding hydrogens is 282 g/mol. The Hall–Kier alpha value is -2.87. The predicted molar refractivity (Wildman–Crippen MR) is 95.4 cm³/mol. The molecule has 0 radical (unpaired) electrons. The van der Waals surface area contributed by atoms with E-state index in [-0.39, 0.29) is 5.91 Å². The standard InChI is InChI=1S/C21H19NO/c1-22(20-10-6-3-7-11-20)21(23)16-17-12-14-19(15-13-17)18-8-4-2-5-9-18/h2-15H,16H2,1H3. The molecule has 0 heterocycles. The van der Waals surface area contributed by atoms with Gasteiger partial charge in [-0.1, -0.05) is 72.8 Å². The van der Waals surface area contributed by atoms with Crippen molar-refractivity contribution in [2.24, 2.45) is 0 Å². The second-order valence-electron chi connectivity index (χ2n) is 5.53. The van der Waals surface area contributed by atoms with E-state index < -0.39 is 0 Å². The lowest BCUT2D eigenvalue weighted by molar-refractivity contribution is -0.117. The van der Waals surface area contributed by atoms with Gasteiger partial charge in [0.25, 0.3) is 0 Å². The van der Waals surface area contributed by atoms with Crippen LogP contribution in [0.25, 0.3) is 11.1 Å². The van der Waals surface area contributed by atoms with E-state index >= 15 is 0 Å². The number of rotatable bonds is 4. The number of likely N-dealkylation sites (N-methyl/N-ethyl adjacent to an activating group) is 1. The molecule has 23 heavy (non-hydrogen) atoms. The molecule has 2 heteroatoms. The molecule has 0 unspecified atom stereocenters. The highest BCUT2D eigenvalue weighted by Crippen LogP contribution is 2.20. The van der Waals surface area contributed by atoms with Gasteiger partial charge in [0.2, 0.25) is 5.91 Å². The Bertz CT molecular complexity index is 764. The first-order chi connectivity index (χ1) is 11.2. The topological polar surface area (TPSA) is 20.3 Å². The second kappa shape index (κ2) is 6.93. The molecule has 0 spiro atoms. The van der Waals surface area contributed by atoms with Crippen LogP contribution >= 0.6 is 0 Å². The number of hydrogen-bond acceptors (Lipinski definition) is 1. The number of carbonyl (C=O) groups excluding carboxylic acids is 1. The third-order valence-electron chi connectivity index (χ3n) is 3.93. The van der Waals surface area contributed by atoms with Gasteiger partial charge in [0.05, 0.1) is 6.42 Å². The molecule has 3 aromatic carbocycles. The zero-order chi connectivity index (χ0) is 16.1. The molecule has 0 fully saturated rings. The van der Waals surface area contributed by atoms with Gasteiger partial charge in [-0.2, -0.15) is 0 Å². The van der Waals surface area contributed by atoms with Crippen molar-refractivity contribution in [3.05, 3.63) is 90.5 Å². The lowest BCUT2D eigenvalue weighted by atomic mass is 10.0. The largest absolute Gasteiger partial charge is 0.315 e. The van der Waals surface area contributed by atoms with E-state index in [2.05, 4.69) is 24.3 Å². The molecule has 0 atom stereocenters. The summed E-state index contributed by atoms with van der Waals surface area (Å²) in [4.78, 5) is 14.1. The summed E-state index contributed by atoms with van der Waals surface area (Å²) in [5.41, 5.74) is 4.29. The molecule has 0 aliphatic rings. The van der Waals surface area contributed by atoms with E-state index in [0.717, 1.165) is 11.3 Å². The Labute approximate surface area is 137 Å². The Morgan fingerprint density at radius 3 is 1.87 bits per heavy atom. The Kier molecular flexibility index (Phi) is 4.53. The second-order valence-corrected chi connectivity index (χ2v) is 5.53. The third-order valence-corrected chi connectivity index (χ3v) is 3.93. The summed E-state index contributed by atoms with van der Waals surface area (Å²) >= 11 is 0. The van der Waals surface area contributed by atoms with Gasteiger partial charge >= 0.3 is 0 Å². The maximum Gasteiger partial charge on any atom is 0.231 e. The van der Waals surface area contributed by atoms with Crippen LogP contribution in [-0.2, 0) is 11.2 Å². The van der Waals surface area contributed by atoms with Crippen molar-refractivity contribution in [2.75, 3.05) is 11.9 Å². The summed E-state index contributed by atoms with van der Waals surface area (Å²) in [6.07, 6.45) is 0.403. The summed E-state index contributed by atoms with van der Waals surface area (Å²) in [6, 6.07) is 28.1. The average Bonchev–Trinajstić information content (AvgIpc) is 2.63. The van der Waals surface area contributed by atoms with Gasteiger partial charge < -0.3 is 4.90 Å². The predicted octanol–water partition coefficient (Wildman–Crippen LogP) is 4.56. The summed E-state index contributed by atoms with van der Waals surface area (Å²) in [7, 11) is 1.82. The maximum absolute atomic E-state index is 12.4. The normalized spacial score (nSPS) is 10.3. The lowest BCUT2D eigenvalue weighted by Crippen LogP contribution is -2.27. The van der Waals surface area contributed by atoms with Crippen LogP contribution in [0.4, 0.5) is 5.69 Å². The molecule has 0 saturated carbocycles. The summed E-state index contributed by atoms with van der Waals surface area (Å²) in [5, 5.41) is 0. The summed E-state index contributed by atoms with van der Waals surface area (Å²) in [5.74, 6) is 0.0867. The van der Waals surface area contributed by atoms with Crippen LogP contribution in [0.5, 0.6) is 0 Å². The fraction of sp³-hybridized carbons (Fsp3) is 0.0952. The molecule has 114 valence electrons. The molecule has 0 bridgehead atoms. The Morgan fingerprint density at radius 1 is 0.739 bits per heavy atom. The minimum atomic E-state index is 0.0867. The van der Waals surface area contributed by atoms with Crippen molar-refractivity contribution < 1.29 is 4.79 Å². The van der Waals surface area contributed by atoms with Crippen molar-refractivity contribution in [2.45, 2.75) is 6.42 Å². The van der Waals surface area contributed by atoms with Crippen LogP contribution < -0.4 is 4.90 Å². The number of para-hydroxylation sites is 1. The first-order valence-electron chi connectivity index (χ1n) is 7.70. The Morgan fingerprint density at radius 2 is 1.26 bits per heavy atom. The van der Waals surface area contributed by atoms with Gasteiger partial charge in [-0.25, -0.2) is 0 Å². The monoisotopic (exact) mass is 301 g/mol. The molecule has 1 amide bonds. The molecule has 3 rings (SSSR count). The summed E-state index contributed by atoms with van der Waals surface area (Å²) in [6.45, 7) is 0. The van der Waals surface area contributed by atoms with E-state index in [1.165, 1.54) is 11.1 Å². The van der Waals surface area contributed by atoms with Crippen LogP contribution in [0.15, 0.2) is 84.9 Å². The first-order valence-corrected chi connectivity index (χ1v) is 7.70. The van der Waals surface area contributed by atoms with Gasteiger partial charge in [0.1, 0.15) is 0 Å². The highest BCUT2D eigenvalue weighted by atomic mass is 16.2. The van der Waals surface area contributed by atoms with Crippen molar-refractivity contribution in [1.29, 1.82) is 0 Å². The van der Waals surface area contributed by atoms with Gasteiger partial charge in [0.15, 0.2) is 0 Å². The number of anilines is 1. The van der Waals surface area contributed by atoms with Crippen LogP contribution in [0.3, 0.4) is 0 Å². The Balaban J connectivity index is 1.70. The zero-order valence-corrected chi connectivity index (χ0v) is 13.1. The van der Waals surface area contributed by atoms with Crippen molar-refractivity contribution in [3.63, 3.8) is 0 Å². The SMILES string of the molecule is CN(C(=O)Cc1ccc(-c2ccccc2)cc1)c1ccccc1. The lowest BCUT2D eigenvalue weighted by Gasteiger charge is -2.17. The molecule has 3 aromatic rings. The number of nitrogens with zero attached hydrogens (tertiary/aromatic N) is 1. The van der Waals surface area contributed by atoms with Gasteiger partial charge in [0, 0.05) is 12.7 Å². The average molecular weight is 301 g/mol. The number of carbonyl (C=O) groups is 1. The molecule has 0 aliphatic carbocycles. The minimum absolute atomic E-state index is 0.0867. The minimum Gasteiger partial charge on any atom is -0.315 e. The fourth-order valence-corrected chi connectivity index (χ4v) is 2.53. The van der Waals surface area contributed by atoms with Crippen molar-refractivity contribution in [1.82, 2.24) is 0 Å². The van der Waals surface area contributed by atoms with Gasteiger partial charge in [-0.05, 0) is 28.8 Å². The number of hydrogen-bond donors (Lipinski definition) is 0. The van der Waals surface area contributed by atoms with E-state index in [4.69, 9.17) is 0 Å². The fourth-order valence-electron chi connectivity index (χ4n) is 2.53. The number of amides is 1. The van der Waals surface area contributed by atoms with Gasteiger partial charge in [-0.15, -0.1) is 0 Å². The van der Waals surface area contributed by atoms with Crippen LogP contribution in [0.1, 0.15) is 5.56 Å². The highest BCUT2D eigenvalue weighted by molar-refractivity contribution is 5.94. The van der Waals surface area contributed by atoms with Gasteiger partial charge in [-0.3, -0.25) is 4.79 Å². The van der Waals surface area contributed by atoms with E-state index in [1.54, 1.807) is 4.90 Å². The summed E-state index contributed by atoms with van der Waals surface area (Å²) < 4.78 is 0. The molecule has 0 aromatic heterocycles. The van der Waals surface area contributed by atoms with Crippen molar-refractivity contribution >= 4 is 11.6 Å². The molecule has 0 N–H and O–H groups in total. The first kappa shape index (κ1) is 15.0. The van der Waals surface area contributed by atoms with Crippen LogP contribution in [0, 0.1) is 0 Å². The number of benzene rings is 3. The van der Waals surface area contributed by atoms with E-state index in [0.29, 0.717) is 6.42 Å². The quantitative estimate of drug-likeness (QED) is 0.692. The van der Waals surface area contributed by atoms with E-state index in [1.807, 2.05) is 67.7 Å². The molecule has 0 aliphatic heterocycles. The van der Waals surface area contributed by atoms with E-state index in [9.17, 15) is 4.79 Å². The zero-order valence-electron chi connectivity index (χ0n) is 13.1. The third kappa shape index (κ3) is 3.67.